The smallest absolute Gasteiger partial charge is 0.344 e. The molecule has 3 heterocycles. The quantitative estimate of drug-likeness (QED) is 0.391. The van der Waals surface area contributed by atoms with Crippen molar-refractivity contribution in [2.75, 3.05) is 38.0 Å². The number of hydrogen-bond donors (Lipinski definition) is 1. The van der Waals surface area contributed by atoms with Gasteiger partial charge in [0.05, 0.1) is 11.3 Å². The minimum atomic E-state index is -4.59. The van der Waals surface area contributed by atoms with Crippen LogP contribution < -0.4 is 5.32 Å². The third kappa shape index (κ3) is 6.41. The zero-order valence-electron chi connectivity index (χ0n) is 22.7. The SMILES string of the molecule is Cn1cc(NC(=O)c2cc(C(F)(F)F)ccc2-c2ccccc2)cc1C(=O)N1CCC(CN2CCCCC2)CC1. The molecule has 212 valence electrons. The summed E-state index contributed by atoms with van der Waals surface area (Å²) < 4.78 is 42.1. The van der Waals surface area contributed by atoms with E-state index in [9.17, 15) is 22.8 Å². The predicted octanol–water partition coefficient (Wildman–Crippen LogP) is 6.30. The fourth-order valence-corrected chi connectivity index (χ4v) is 5.81. The van der Waals surface area contributed by atoms with Gasteiger partial charge >= 0.3 is 6.18 Å². The topological polar surface area (TPSA) is 57.6 Å². The molecule has 1 N–H and O–H groups in total. The standard InChI is InChI=1S/C31H35F3N4O2/c1-36-21-25(19-28(36)30(40)38-16-12-22(13-17-38)20-37-14-6-3-7-15-37)35-29(39)27-18-24(31(32,33)34)10-11-26(27)23-8-4-2-5-9-23/h2,4-5,8-11,18-19,21-22H,3,6-7,12-17,20H2,1H3,(H,35,39). The van der Waals surface area contributed by atoms with E-state index in [1.54, 1.807) is 54.2 Å². The van der Waals surface area contributed by atoms with Crippen molar-refractivity contribution >= 4 is 17.5 Å². The van der Waals surface area contributed by atoms with Gasteiger partial charge in [-0.1, -0.05) is 42.8 Å². The van der Waals surface area contributed by atoms with Crippen LogP contribution in [0.1, 0.15) is 58.5 Å². The highest BCUT2D eigenvalue weighted by Crippen LogP contribution is 2.34. The summed E-state index contributed by atoms with van der Waals surface area (Å²) in [5.74, 6) is -0.187. The van der Waals surface area contributed by atoms with E-state index in [2.05, 4.69) is 10.2 Å². The van der Waals surface area contributed by atoms with Crippen molar-refractivity contribution in [3.05, 3.63) is 77.6 Å². The number of amides is 2. The summed E-state index contributed by atoms with van der Waals surface area (Å²) in [7, 11) is 1.73. The van der Waals surface area contributed by atoms with Crippen LogP contribution >= 0.6 is 0 Å². The van der Waals surface area contributed by atoms with Gasteiger partial charge in [0.1, 0.15) is 5.69 Å². The number of halogens is 3. The lowest BCUT2D eigenvalue weighted by Crippen LogP contribution is -2.43. The second-order valence-corrected chi connectivity index (χ2v) is 10.9. The van der Waals surface area contributed by atoms with Crippen LogP contribution in [0.15, 0.2) is 60.8 Å². The maximum atomic E-state index is 13.5. The van der Waals surface area contributed by atoms with Crippen LogP contribution in [0.2, 0.25) is 0 Å². The number of nitrogens with zero attached hydrogens (tertiary/aromatic N) is 3. The minimum absolute atomic E-state index is 0.0893. The van der Waals surface area contributed by atoms with Crippen molar-refractivity contribution in [2.45, 2.75) is 38.3 Å². The van der Waals surface area contributed by atoms with Gasteiger partial charge in [0.15, 0.2) is 0 Å². The summed E-state index contributed by atoms with van der Waals surface area (Å²) in [6.07, 6.45) is 2.82. The molecule has 2 aliphatic rings. The molecule has 1 aromatic heterocycles. The molecule has 0 saturated carbocycles. The molecule has 0 radical (unpaired) electrons. The molecule has 0 unspecified atom stereocenters. The number of carbonyl (C=O) groups excluding carboxylic acids is 2. The number of aromatic nitrogens is 1. The zero-order chi connectivity index (χ0) is 28.3. The van der Waals surface area contributed by atoms with Crippen molar-refractivity contribution in [3.63, 3.8) is 0 Å². The molecule has 40 heavy (non-hydrogen) atoms. The third-order valence-corrected chi connectivity index (χ3v) is 8.03. The number of hydrogen-bond acceptors (Lipinski definition) is 3. The molecule has 3 aromatic rings. The third-order valence-electron chi connectivity index (χ3n) is 8.03. The minimum Gasteiger partial charge on any atom is -0.344 e. The summed E-state index contributed by atoms with van der Waals surface area (Å²) in [6.45, 7) is 4.82. The first-order valence-corrected chi connectivity index (χ1v) is 13.9. The number of rotatable bonds is 6. The van der Waals surface area contributed by atoms with Crippen LogP contribution in [-0.2, 0) is 13.2 Å². The lowest BCUT2D eigenvalue weighted by molar-refractivity contribution is -0.137. The molecular formula is C31H35F3N4O2. The highest BCUT2D eigenvalue weighted by molar-refractivity contribution is 6.09. The van der Waals surface area contributed by atoms with Crippen molar-refractivity contribution in [1.82, 2.24) is 14.4 Å². The van der Waals surface area contributed by atoms with Gasteiger partial charge in [-0.05, 0) is 74.0 Å². The molecule has 0 aliphatic carbocycles. The molecule has 5 rings (SSSR count). The van der Waals surface area contributed by atoms with Gasteiger partial charge in [-0.2, -0.15) is 13.2 Å². The number of nitrogens with one attached hydrogen (secondary N) is 1. The normalized spacial score (nSPS) is 17.1. The molecule has 2 amide bonds. The van der Waals surface area contributed by atoms with Gasteiger partial charge < -0.3 is 19.7 Å². The Balaban J connectivity index is 1.28. The number of aryl methyl sites for hydroxylation is 1. The van der Waals surface area contributed by atoms with E-state index in [1.807, 2.05) is 4.90 Å². The monoisotopic (exact) mass is 552 g/mol. The number of carbonyl (C=O) groups is 2. The summed E-state index contributed by atoms with van der Waals surface area (Å²) >= 11 is 0. The molecule has 2 saturated heterocycles. The maximum Gasteiger partial charge on any atom is 0.416 e. The van der Waals surface area contributed by atoms with Crippen molar-refractivity contribution in [2.24, 2.45) is 13.0 Å². The van der Waals surface area contributed by atoms with Crippen LogP contribution in [0, 0.1) is 5.92 Å². The highest BCUT2D eigenvalue weighted by atomic mass is 19.4. The van der Waals surface area contributed by atoms with Gasteiger partial charge in [0.25, 0.3) is 11.8 Å². The summed E-state index contributed by atoms with van der Waals surface area (Å²) in [5, 5.41) is 2.72. The predicted molar refractivity (Wildman–Crippen MR) is 149 cm³/mol. The van der Waals surface area contributed by atoms with Crippen LogP contribution in [0.5, 0.6) is 0 Å². The van der Waals surface area contributed by atoms with Gasteiger partial charge in [-0.25, -0.2) is 0 Å². The van der Waals surface area contributed by atoms with E-state index in [1.165, 1.54) is 38.4 Å². The average Bonchev–Trinajstić information content (AvgIpc) is 3.32. The van der Waals surface area contributed by atoms with E-state index >= 15 is 0 Å². The first-order valence-electron chi connectivity index (χ1n) is 13.9. The van der Waals surface area contributed by atoms with Crippen LogP contribution in [0.25, 0.3) is 11.1 Å². The van der Waals surface area contributed by atoms with E-state index in [0.717, 1.165) is 31.5 Å². The van der Waals surface area contributed by atoms with Crippen molar-refractivity contribution < 1.29 is 22.8 Å². The Hall–Kier alpha value is -3.59. The van der Waals surface area contributed by atoms with Crippen LogP contribution in [-0.4, -0.2) is 58.9 Å². The number of piperidine rings is 2. The molecule has 2 aromatic carbocycles. The summed E-state index contributed by atoms with van der Waals surface area (Å²) in [4.78, 5) is 31.0. The molecule has 0 atom stereocenters. The van der Waals surface area contributed by atoms with Crippen LogP contribution in [0.3, 0.4) is 0 Å². The Kier molecular flexibility index (Phi) is 8.30. The average molecular weight is 553 g/mol. The highest BCUT2D eigenvalue weighted by Gasteiger charge is 2.32. The van der Waals surface area contributed by atoms with Crippen molar-refractivity contribution in [1.29, 1.82) is 0 Å². The van der Waals surface area contributed by atoms with Gasteiger partial charge in [-0.15, -0.1) is 0 Å². The fourth-order valence-electron chi connectivity index (χ4n) is 5.81. The van der Waals surface area contributed by atoms with E-state index in [4.69, 9.17) is 0 Å². The molecule has 9 heteroatoms. The molecule has 0 bridgehead atoms. The Morgan fingerprint density at radius 3 is 2.30 bits per heavy atom. The summed E-state index contributed by atoms with van der Waals surface area (Å²) in [5.41, 5.74) is 0.822. The Labute approximate surface area is 232 Å². The number of anilines is 1. The molecule has 2 aliphatic heterocycles. The Morgan fingerprint density at radius 1 is 0.925 bits per heavy atom. The first-order chi connectivity index (χ1) is 19.2. The largest absolute Gasteiger partial charge is 0.416 e. The van der Waals surface area contributed by atoms with E-state index in [0.29, 0.717) is 41.5 Å². The second-order valence-electron chi connectivity index (χ2n) is 10.9. The van der Waals surface area contributed by atoms with Crippen LogP contribution in [0.4, 0.5) is 18.9 Å². The second kappa shape index (κ2) is 11.9. The number of benzene rings is 2. The molecule has 0 spiro atoms. The molecule has 2 fully saturated rings. The Bertz CT molecular complexity index is 1340. The first kappa shape index (κ1) is 28.0. The lowest BCUT2D eigenvalue weighted by atomic mass is 9.95. The summed E-state index contributed by atoms with van der Waals surface area (Å²) in [6, 6.07) is 13.6. The molecule has 6 nitrogen and oxygen atoms in total. The zero-order valence-corrected chi connectivity index (χ0v) is 22.7. The lowest BCUT2D eigenvalue weighted by Gasteiger charge is -2.36. The van der Waals surface area contributed by atoms with E-state index < -0.39 is 17.6 Å². The fraction of sp³-hybridized carbons (Fsp3) is 0.419. The maximum absolute atomic E-state index is 13.5. The molecular weight excluding hydrogens is 517 g/mol. The number of alkyl halides is 3. The van der Waals surface area contributed by atoms with Gasteiger partial charge in [-0.3, -0.25) is 9.59 Å². The van der Waals surface area contributed by atoms with Gasteiger partial charge in [0.2, 0.25) is 0 Å². The van der Waals surface area contributed by atoms with E-state index in [-0.39, 0.29) is 11.5 Å². The van der Waals surface area contributed by atoms with Crippen molar-refractivity contribution in [3.8, 4) is 11.1 Å². The van der Waals surface area contributed by atoms with Gasteiger partial charge in [0, 0.05) is 38.4 Å². The number of likely N-dealkylation sites (tertiary alicyclic amines) is 2. The Morgan fingerprint density at radius 2 is 1.62 bits per heavy atom.